The third-order valence-electron chi connectivity index (χ3n) is 1.21. The topological polar surface area (TPSA) is 52.6 Å². The predicted octanol–water partition coefficient (Wildman–Crippen LogP) is 1.41. The van der Waals surface area contributed by atoms with Crippen molar-refractivity contribution in [1.29, 1.82) is 0 Å². The maximum Gasteiger partial charge on any atom is 0.310 e. The van der Waals surface area contributed by atoms with Crippen molar-refractivity contribution in [3.63, 3.8) is 0 Å². The molecule has 0 saturated carbocycles. The third-order valence-corrected chi connectivity index (χ3v) is 1.21. The SMILES string of the molecule is CCC(=O)O/C=C/COC(=O)CC. The number of rotatable bonds is 5. The Labute approximate surface area is 77.5 Å². The van der Waals surface area contributed by atoms with Gasteiger partial charge in [0.05, 0.1) is 6.26 Å². The van der Waals surface area contributed by atoms with E-state index in [4.69, 9.17) is 0 Å². The summed E-state index contributed by atoms with van der Waals surface area (Å²) in [5.74, 6) is -0.579. The average Bonchev–Trinajstić information content (AvgIpc) is 2.16. The fourth-order valence-electron chi connectivity index (χ4n) is 0.490. The minimum atomic E-state index is -0.307. The van der Waals surface area contributed by atoms with E-state index in [1.165, 1.54) is 12.3 Å². The molecule has 74 valence electrons. The van der Waals surface area contributed by atoms with Gasteiger partial charge in [0.2, 0.25) is 0 Å². The lowest BCUT2D eigenvalue weighted by Crippen LogP contribution is -2.02. The van der Waals surface area contributed by atoms with Gasteiger partial charge in [0, 0.05) is 12.8 Å². The Balaban J connectivity index is 3.42. The van der Waals surface area contributed by atoms with E-state index in [1.54, 1.807) is 13.8 Å². The van der Waals surface area contributed by atoms with Crippen molar-refractivity contribution in [2.24, 2.45) is 0 Å². The molecule has 0 heterocycles. The van der Waals surface area contributed by atoms with Crippen LogP contribution >= 0.6 is 0 Å². The third kappa shape index (κ3) is 7.05. The van der Waals surface area contributed by atoms with Gasteiger partial charge in [-0.05, 0) is 6.08 Å². The molecule has 0 aliphatic heterocycles. The largest absolute Gasteiger partial charge is 0.461 e. The van der Waals surface area contributed by atoms with Crippen LogP contribution in [-0.2, 0) is 19.1 Å². The van der Waals surface area contributed by atoms with E-state index in [9.17, 15) is 9.59 Å². The van der Waals surface area contributed by atoms with Crippen LogP contribution in [0.1, 0.15) is 26.7 Å². The van der Waals surface area contributed by atoms with Gasteiger partial charge in [-0.25, -0.2) is 0 Å². The zero-order valence-corrected chi connectivity index (χ0v) is 7.91. The highest BCUT2D eigenvalue weighted by Crippen LogP contribution is 1.88. The molecular formula is C9H14O4. The summed E-state index contributed by atoms with van der Waals surface area (Å²) in [6, 6.07) is 0. The van der Waals surface area contributed by atoms with Gasteiger partial charge in [-0.2, -0.15) is 0 Å². The van der Waals surface area contributed by atoms with Crippen LogP contribution in [0.3, 0.4) is 0 Å². The molecule has 0 unspecified atom stereocenters. The second-order valence-corrected chi connectivity index (χ2v) is 2.25. The molecule has 0 aromatic rings. The molecule has 0 amide bonds. The lowest BCUT2D eigenvalue weighted by Gasteiger charge is -1.97. The normalized spacial score (nSPS) is 10.0. The summed E-state index contributed by atoms with van der Waals surface area (Å²) in [6.07, 6.45) is 3.39. The van der Waals surface area contributed by atoms with Crippen molar-refractivity contribution in [1.82, 2.24) is 0 Å². The van der Waals surface area contributed by atoms with Crippen molar-refractivity contribution < 1.29 is 19.1 Å². The van der Waals surface area contributed by atoms with Crippen LogP contribution in [0.2, 0.25) is 0 Å². The molecule has 0 radical (unpaired) electrons. The Morgan fingerprint density at radius 2 is 1.77 bits per heavy atom. The molecule has 0 aliphatic rings. The van der Waals surface area contributed by atoms with Gasteiger partial charge >= 0.3 is 11.9 Å². The lowest BCUT2D eigenvalue weighted by atomic mass is 10.5. The first-order valence-electron chi connectivity index (χ1n) is 4.20. The molecule has 4 heteroatoms. The Morgan fingerprint density at radius 1 is 1.15 bits per heavy atom. The molecule has 4 nitrogen and oxygen atoms in total. The van der Waals surface area contributed by atoms with Gasteiger partial charge in [-0.15, -0.1) is 0 Å². The number of hydrogen-bond acceptors (Lipinski definition) is 4. The fraction of sp³-hybridized carbons (Fsp3) is 0.556. The molecule has 0 bridgehead atoms. The summed E-state index contributed by atoms with van der Waals surface area (Å²) < 4.78 is 9.29. The monoisotopic (exact) mass is 186 g/mol. The molecule has 0 aromatic heterocycles. The van der Waals surface area contributed by atoms with Gasteiger partial charge in [0.25, 0.3) is 0 Å². The van der Waals surface area contributed by atoms with Crippen molar-refractivity contribution in [3.05, 3.63) is 12.3 Å². The van der Waals surface area contributed by atoms with Crippen LogP contribution in [-0.4, -0.2) is 18.5 Å². The van der Waals surface area contributed by atoms with Crippen molar-refractivity contribution in [2.75, 3.05) is 6.61 Å². The molecule has 0 N–H and O–H groups in total. The maximum atomic E-state index is 10.6. The van der Waals surface area contributed by atoms with E-state index in [0.717, 1.165) is 0 Å². The number of hydrogen-bond donors (Lipinski definition) is 0. The number of carbonyl (C=O) groups excluding carboxylic acids is 2. The lowest BCUT2D eigenvalue weighted by molar-refractivity contribution is -0.141. The summed E-state index contributed by atoms with van der Waals surface area (Å²) in [5, 5.41) is 0. The Bertz CT molecular complexity index is 196. The van der Waals surface area contributed by atoms with Gasteiger partial charge in [-0.1, -0.05) is 13.8 Å². The van der Waals surface area contributed by atoms with Gasteiger partial charge in [-0.3, -0.25) is 9.59 Å². The van der Waals surface area contributed by atoms with Crippen LogP contribution in [0.4, 0.5) is 0 Å². The molecule has 13 heavy (non-hydrogen) atoms. The van der Waals surface area contributed by atoms with Crippen LogP contribution in [0.15, 0.2) is 12.3 Å². The molecular weight excluding hydrogens is 172 g/mol. The zero-order valence-electron chi connectivity index (χ0n) is 7.91. The van der Waals surface area contributed by atoms with E-state index in [0.29, 0.717) is 12.8 Å². The zero-order chi connectivity index (χ0) is 10.1. The summed E-state index contributed by atoms with van der Waals surface area (Å²) in [5.41, 5.74) is 0. The number of esters is 2. The minimum absolute atomic E-state index is 0.143. The fourth-order valence-corrected chi connectivity index (χ4v) is 0.490. The van der Waals surface area contributed by atoms with Gasteiger partial charge in [0.1, 0.15) is 6.61 Å². The van der Waals surface area contributed by atoms with Crippen LogP contribution in [0, 0.1) is 0 Å². The van der Waals surface area contributed by atoms with E-state index in [2.05, 4.69) is 9.47 Å². The van der Waals surface area contributed by atoms with E-state index >= 15 is 0 Å². The van der Waals surface area contributed by atoms with Gasteiger partial charge < -0.3 is 9.47 Å². The van der Waals surface area contributed by atoms with E-state index < -0.39 is 0 Å². The first-order chi connectivity index (χ1) is 6.20. The van der Waals surface area contributed by atoms with Crippen molar-refractivity contribution >= 4 is 11.9 Å². The summed E-state index contributed by atoms with van der Waals surface area (Å²) in [4.78, 5) is 21.2. The second kappa shape index (κ2) is 7.34. The van der Waals surface area contributed by atoms with Crippen LogP contribution in [0.5, 0.6) is 0 Å². The Kier molecular flexibility index (Phi) is 6.59. The highest BCUT2D eigenvalue weighted by Gasteiger charge is 1.95. The summed E-state index contributed by atoms with van der Waals surface area (Å²) in [6.45, 7) is 3.56. The molecule has 0 spiro atoms. The molecule has 0 fully saturated rings. The number of ether oxygens (including phenoxy) is 2. The minimum Gasteiger partial charge on any atom is -0.461 e. The second-order valence-electron chi connectivity index (χ2n) is 2.25. The van der Waals surface area contributed by atoms with Crippen molar-refractivity contribution in [3.8, 4) is 0 Å². The average molecular weight is 186 g/mol. The number of carbonyl (C=O) groups is 2. The van der Waals surface area contributed by atoms with E-state index in [1.807, 2.05) is 0 Å². The highest BCUT2D eigenvalue weighted by molar-refractivity contribution is 5.69. The first kappa shape index (κ1) is 11.7. The van der Waals surface area contributed by atoms with Gasteiger partial charge in [0.15, 0.2) is 0 Å². The van der Waals surface area contributed by atoms with Crippen LogP contribution in [0.25, 0.3) is 0 Å². The van der Waals surface area contributed by atoms with Crippen LogP contribution < -0.4 is 0 Å². The quantitative estimate of drug-likeness (QED) is 0.481. The molecule has 0 aliphatic carbocycles. The molecule has 0 saturated heterocycles. The standard InChI is InChI=1S/C9H14O4/c1-3-8(10)12-6-5-7-13-9(11)4-2/h5-6H,3-4,7H2,1-2H3/b6-5+. The Morgan fingerprint density at radius 3 is 2.31 bits per heavy atom. The Hall–Kier alpha value is -1.32. The molecule has 0 atom stereocenters. The first-order valence-corrected chi connectivity index (χ1v) is 4.20. The van der Waals surface area contributed by atoms with Crippen molar-refractivity contribution in [2.45, 2.75) is 26.7 Å². The molecule has 0 aromatic carbocycles. The predicted molar refractivity (Wildman–Crippen MR) is 46.8 cm³/mol. The maximum absolute atomic E-state index is 10.6. The smallest absolute Gasteiger partial charge is 0.310 e. The molecule has 0 rings (SSSR count). The summed E-state index contributed by atoms with van der Waals surface area (Å²) >= 11 is 0. The van der Waals surface area contributed by atoms with E-state index in [-0.39, 0.29) is 18.5 Å². The summed E-state index contributed by atoms with van der Waals surface area (Å²) in [7, 11) is 0. The highest BCUT2D eigenvalue weighted by atomic mass is 16.5.